The maximum atomic E-state index is 12.1. The molecule has 0 unspecified atom stereocenters. The molecule has 4 heterocycles. The van der Waals surface area contributed by atoms with Crippen molar-refractivity contribution < 1.29 is 14.3 Å². The molecule has 0 spiro atoms. The Morgan fingerprint density at radius 2 is 2.21 bits per heavy atom. The molecule has 0 aliphatic carbocycles. The van der Waals surface area contributed by atoms with Gasteiger partial charge in [0.15, 0.2) is 0 Å². The van der Waals surface area contributed by atoms with E-state index in [0.29, 0.717) is 25.5 Å². The van der Waals surface area contributed by atoms with Gasteiger partial charge in [0.25, 0.3) is 0 Å². The smallest absolute Gasteiger partial charge is 0.410 e. The lowest BCUT2D eigenvalue weighted by Gasteiger charge is -2.22. The summed E-state index contributed by atoms with van der Waals surface area (Å²) in [6.07, 6.45) is 2.75. The van der Waals surface area contributed by atoms with Gasteiger partial charge in [-0.3, -0.25) is 9.88 Å². The zero-order chi connectivity index (χ0) is 16.5. The number of carbonyl (C=O) groups is 1. The molecule has 24 heavy (non-hydrogen) atoms. The second-order valence-corrected chi connectivity index (χ2v) is 5.76. The van der Waals surface area contributed by atoms with E-state index in [-0.39, 0.29) is 18.2 Å². The summed E-state index contributed by atoms with van der Waals surface area (Å²) in [5, 5.41) is 0. The van der Waals surface area contributed by atoms with Crippen LogP contribution < -0.4 is 9.64 Å². The molecule has 2 aromatic heterocycles. The zero-order valence-corrected chi connectivity index (χ0v) is 13.2. The number of nitrogens with zero attached hydrogens (tertiary/aromatic N) is 5. The van der Waals surface area contributed by atoms with Crippen molar-refractivity contribution in [2.75, 3.05) is 25.1 Å². The van der Waals surface area contributed by atoms with Gasteiger partial charge in [-0.15, -0.1) is 0 Å². The van der Waals surface area contributed by atoms with E-state index in [0.717, 1.165) is 11.5 Å². The van der Waals surface area contributed by atoms with E-state index in [2.05, 4.69) is 19.9 Å². The minimum atomic E-state index is -0.282. The second-order valence-electron chi connectivity index (χ2n) is 5.76. The summed E-state index contributed by atoms with van der Waals surface area (Å²) in [4.78, 5) is 28.6. The van der Waals surface area contributed by atoms with Gasteiger partial charge in [-0.05, 0) is 12.1 Å². The lowest BCUT2D eigenvalue weighted by Crippen LogP contribution is -2.37. The number of amides is 1. The van der Waals surface area contributed by atoms with Crippen LogP contribution in [0.1, 0.15) is 5.69 Å². The fraction of sp³-hybridized carbons (Fsp3) is 0.375. The van der Waals surface area contributed by atoms with Crippen LogP contribution in [0.15, 0.2) is 36.8 Å². The van der Waals surface area contributed by atoms with Crippen molar-refractivity contribution in [3.63, 3.8) is 0 Å². The number of pyridine rings is 1. The van der Waals surface area contributed by atoms with E-state index in [1.54, 1.807) is 24.3 Å². The third-order valence-corrected chi connectivity index (χ3v) is 4.34. The summed E-state index contributed by atoms with van der Waals surface area (Å²) in [6.45, 7) is 1.71. The van der Waals surface area contributed by atoms with Gasteiger partial charge >= 0.3 is 6.09 Å². The normalized spacial score (nSPS) is 22.5. The molecular formula is C16H17N5O3. The van der Waals surface area contributed by atoms with Gasteiger partial charge < -0.3 is 14.4 Å². The Balaban J connectivity index is 1.51. The Bertz CT molecular complexity index is 742. The van der Waals surface area contributed by atoms with Crippen LogP contribution in [0.25, 0.3) is 0 Å². The lowest BCUT2D eigenvalue weighted by atomic mass is 10.2. The van der Waals surface area contributed by atoms with Crippen molar-refractivity contribution in [2.45, 2.75) is 18.7 Å². The predicted molar refractivity (Wildman–Crippen MR) is 84.6 cm³/mol. The number of aromatic nitrogens is 3. The minimum Gasteiger partial charge on any atom is -0.481 e. The van der Waals surface area contributed by atoms with E-state index < -0.39 is 0 Å². The Morgan fingerprint density at radius 3 is 3.00 bits per heavy atom. The van der Waals surface area contributed by atoms with Crippen molar-refractivity contribution in [3.05, 3.63) is 42.5 Å². The highest BCUT2D eigenvalue weighted by Crippen LogP contribution is 2.31. The molecule has 8 nitrogen and oxygen atoms in total. The van der Waals surface area contributed by atoms with Gasteiger partial charge in [-0.25, -0.2) is 14.8 Å². The Labute approximate surface area is 139 Å². The number of rotatable bonds is 4. The van der Waals surface area contributed by atoms with E-state index in [1.807, 2.05) is 18.2 Å². The van der Waals surface area contributed by atoms with Gasteiger partial charge in [0.2, 0.25) is 5.88 Å². The van der Waals surface area contributed by atoms with Crippen LogP contribution in [0.4, 0.5) is 10.6 Å². The molecule has 0 N–H and O–H groups in total. The van der Waals surface area contributed by atoms with Crippen LogP contribution in [-0.4, -0.2) is 58.3 Å². The molecule has 2 aliphatic heterocycles. The first-order valence-corrected chi connectivity index (χ1v) is 7.73. The molecule has 2 aromatic rings. The monoisotopic (exact) mass is 327 g/mol. The fourth-order valence-corrected chi connectivity index (χ4v) is 3.15. The largest absolute Gasteiger partial charge is 0.481 e. The molecule has 2 aliphatic rings. The maximum absolute atomic E-state index is 12.1. The van der Waals surface area contributed by atoms with Gasteiger partial charge in [0.05, 0.1) is 31.9 Å². The second kappa shape index (κ2) is 5.95. The van der Waals surface area contributed by atoms with Crippen molar-refractivity contribution in [3.8, 4) is 5.88 Å². The summed E-state index contributed by atoms with van der Waals surface area (Å²) in [7, 11) is 1.57. The molecule has 0 aromatic carbocycles. The molecule has 0 radical (unpaired) electrons. The SMILES string of the molecule is COc1cc(N2C[C@H]3OC(=O)N(Cc4ccccn4)[C@H]3C2)ncn1. The van der Waals surface area contributed by atoms with Crippen LogP contribution in [0.3, 0.4) is 0 Å². The Kier molecular flexibility index (Phi) is 3.64. The molecule has 8 heteroatoms. The molecule has 4 rings (SSSR count). The number of methoxy groups -OCH3 is 1. The molecule has 2 fully saturated rings. The summed E-state index contributed by atoms with van der Waals surface area (Å²) >= 11 is 0. The number of fused-ring (bicyclic) bond motifs is 1. The average molecular weight is 327 g/mol. The highest BCUT2D eigenvalue weighted by Gasteiger charge is 2.48. The fourth-order valence-electron chi connectivity index (χ4n) is 3.15. The quantitative estimate of drug-likeness (QED) is 0.831. The van der Waals surface area contributed by atoms with E-state index in [4.69, 9.17) is 9.47 Å². The number of ether oxygens (including phenoxy) is 2. The number of anilines is 1. The first kappa shape index (κ1) is 14.7. The van der Waals surface area contributed by atoms with Gasteiger partial charge in [0, 0.05) is 18.8 Å². The summed E-state index contributed by atoms with van der Waals surface area (Å²) in [6, 6.07) is 7.44. The topological polar surface area (TPSA) is 80.7 Å². The van der Waals surface area contributed by atoms with Crippen LogP contribution in [0.5, 0.6) is 5.88 Å². The summed E-state index contributed by atoms with van der Waals surface area (Å²) < 4.78 is 10.7. The average Bonchev–Trinajstić information content (AvgIpc) is 3.15. The van der Waals surface area contributed by atoms with Crippen molar-refractivity contribution >= 4 is 11.9 Å². The molecule has 2 saturated heterocycles. The van der Waals surface area contributed by atoms with Crippen LogP contribution in [0.2, 0.25) is 0 Å². The minimum absolute atomic E-state index is 0.0135. The summed E-state index contributed by atoms with van der Waals surface area (Å²) in [5.41, 5.74) is 0.845. The van der Waals surface area contributed by atoms with Crippen LogP contribution in [-0.2, 0) is 11.3 Å². The first-order chi connectivity index (χ1) is 11.7. The van der Waals surface area contributed by atoms with E-state index >= 15 is 0 Å². The van der Waals surface area contributed by atoms with Gasteiger partial charge in [-0.1, -0.05) is 6.07 Å². The highest BCUT2D eigenvalue weighted by atomic mass is 16.6. The molecule has 1 amide bonds. The maximum Gasteiger partial charge on any atom is 0.410 e. The van der Waals surface area contributed by atoms with Crippen LogP contribution >= 0.6 is 0 Å². The van der Waals surface area contributed by atoms with E-state index in [9.17, 15) is 4.79 Å². The highest BCUT2D eigenvalue weighted by molar-refractivity contribution is 5.71. The molecule has 0 bridgehead atoms. The number of hydrogen-bond acceptors (Lipinski definition) is 7. The Morgan fingerprint density at radius 1 is 1.29 bits per heavy atom. The zero-order valence-electron chi connectivity index (χ0n) is 13.2. The summed E-state index contributed by atoms with van der Waals surface area (Å²) in [5.74, 6) is 1.28. The van der Waals surface area contributed by atoms with Crippen molar-refractivity contribution in [1.82, 2.24) is 19.9 Å². The van der Waals surface area contributed by atoms with Crippen LogP contribution in [0, 0.1) is 0 Å². The molecule has 124 valence electrons. The molecule has 0 saturated carbocycles. The van der Waals surface area contributed by atoms with Crippen molar-refractivity contribution in [2.24, 2.45) is 0 Å². The first-order valence-electron chi connectivity index (χ1n) is 7.73. The van der Waals surface area contributed by atoms with Gasteiger partial charge in [0.1, 0.15) is 18.2 Å². The number of hydrogen-bond donors (Lipinski definition) is 0. The number of carbonyl (C=O) groups excluding carboxylic acids is 1. The van der Waals surface area contributed by atoms with Crippen molar-refractivity contribution in [1.29, 1.82) is 0 Å². The van der Waals surface area contributed by atoms with Gasteiger partial charge in [-0.2, -0.15) is 0 Å². The van der Waals surface area contributed by atoms with E-state index in [1.165, 1.54) is 6.33 Å². The lowest BCUT2D eigenvalue weighted by molar-refractivity contribution is 0.135. The Hall–Kier alpha value is -2.90. The third-order valence-electron chi connectivity index (χ3n) is 4.34. The molecular weight excluding hydrogens is 310 g/mol. The predicted octanol–water partition coefficient (Wildman–Crippen LogP) is 1.09. The molecule has 2 atom stereocenters. The standard InChI is InChI=1S/C16H17N5O3/c1-23-15-6-14(18-10-19-15)20-8-12-13(9-20)24-16(22)21(12)7-11-4-2-3-5-17-11/h2-6,10,12-13H,7-9H2,1H3/t12-,13+/m0/s1. The third kappa shape index (κ3) is 2.60.